The minimum absolute atomic E-state index is 1.14. The number of nitriles is 2. The molecule has 0 aromatic heterocycles. The van der Waals surface area contributed by atoms with E-state index in [1.807, 2.05) is 12.1 Å². The van der Waals surface area contributed by atoms with E-state index >= 15 is 0 Å². The molecule has 0 fully saturated rings. The number of nitrogens with zero attached hydrogens (tertiary/aromatic N) is 2. The number of hydrogen-bond donors (Lipinski definition) is 1. The molecule has 3 nitrogen and oxygen atoms in total. The Kier molecular flexibility index (Phi) is 1.43. The fourth-order valence-corrected chi connectivity index (χ4v) is 0.647. The Labute approximate surface area is 58.9 Å². The molecule has 1 aliphatic heterocycles. The van der Waals surface area contributed by atoms with Gasteiger partial charge in [0.25, 0.3) is 0 Å². The summed E-state index contributed by atoms with van der Waals surface area (Å²) in [5.74, 6) is 0. The molecule has 1 heterocycles. The van der Waals surface area contributed by atoms with Gasteiger partial charge in [0, 0.05) is 0 Å². The molecule has 0 saturated carbocycles. The minimum Gasteiger partial charge on any atom is -0.359 e. The standard InChI is InChI=1S/C7H5N3/c8-5-7(6-9)3-1-2-4-10-7/h1-4,10H. The molecule has 1 N–H and O–H groups in total. The van der Waals surface area contributed by atoms with Crippen LogP contribution in [-0.4, -0.2) is 5.54 Å². The maximum atomic E-state index is 8.52. The zero-order chi connectivity index (χ0) is 7.45. The molecular formula is C7H5N3. The van der Waals surface area contributed by atoms with Crippen molar-refractivity contribution in [3.8, 4) is 12.1 Å². The first kappa shape index (κ1) is 6.38. The van der Waals surface area contributed by atoms with E-state index in [0.29, 0.717) is 0 Å². The van der Waals surface area contributed by atoms with Crippen molar-refractivity contribution in [1.29, 1.82) is 10.5 Å². The lowest BCUT2D eigenvalue weighted by molar-refractivity contribution is 0.706. The van der Waals surface area contributed by atoms with Gasteiger partial charge in [0.1, 0.15) is 12.1 Å². The molecule has 0 aromatic carbocycles. The molecule has 0 amide bonds. The Bertz CT molecular complexity index is 248. The highest BCUT2D eigenvalue weighted by molar-refractivity contribution is 5.37. The van der Waals surface area contributed by atoms with Crippen molar-refractivity contribution in [3.05, 3.63) is 24.4 Å². The smallest absolute Gasteiger partial charge is 0.231 e. The molecule has 3 heteroatoms. The van der Waals surface area contributed by atoms with Crippen molar-refractivity contribution in [2.24, 2.45) is 0 Å². The van der Waals surface area contributed by atoms with Gasteiger partial charge < -0.3 is 5.32 Å². The summed E-state index contributed by atoms with van der Waals surface area (Å²) in [6, 6.07) is 3.71. The summed E-state index contributed by atoms with van der Waals surface area (Å²) in [6.45, 7) is 0. The van der Waals surface area contributed by atoms with E-state index in [4.69, 9.17) is 10.5 Å². The second-order valence-corrected chi connectivity index (χ2v) is 1.89. The van der Waals surface area contributed by atoms with Gasteiger partial charge in [0.05, 0.1) is 0 Å². The normalized spacial score (nSPS) is 18.6. The highest BCUT2D eigenvalue weighted by Gasteiger charge is 2.25. The van der Waals surface area contributed by atoms with Crippen LogP contribution in [0.4, 0.5) is 0 Å². The van der Waals surface area contributed by atoms with Gasteiger partial charge in [-0.3, -0.25) is 0 Å². The highest BCUT2D eigenvalue weighted by Crippen LogP contribution is 2.07. The number of dihydropyridines is 1. The summed E-state index contributed by atoms with van der Waals surface area (Å²) in [7, 11) is 0. The number of rotatable bonds is 0. The summed E-state index contributed by atoms with van der Waals surface area (Å²) in [4.78, 5) is 0. The van der Waals surface area contributed by atoms with E-state index in [1.54, 1.807) is 18.4 Å². The predicted octanol–water partition coefficient (Wildman–Crippen LogP) is 0.445. The summed E-state index contributed by atoms with van der Waals surface area (Å²) in [5, 5.41) is 19.7. The average Bonchev–Trinajstić information content (AvgIpc) is 2.06. The Morgan fingerprint density at radius 3 is 2.20 bits per heavy atom. The lowest BCUT2D eigenvalue weighted by atomic mass is 10.0. The van der Waals surface area contributed by atoms with Gasteiger partial charge in [-0.25, -0.2) is 0 Å². The molecule has 0 unspecified atom stereocenters. The van der Waals surface area contributed by atoms with Crippen LogP contribution < -0.4 is 5.32 Å². The van der Waals surface area contributed by atoms with E-state index in [2.05, 4.69) is 5.32 Å². The zero-order valence-electron chi connectivity index (χ0n) is 5.20. The lowest BCUT2D eigenvalue weighted by Crippen LogP contribution is -2.37. The Morgan fingerprint density at radius 2 is 1.90 bits per heavy atom. The Hall–Kier alpha value is -1.74. The van der Waals surface area contributed by atoms with Gasteiger partial charge in [-0.05, 0) is 18.4 Å². The van der Waals surface area contributed by atoms with Crippen LogP contribution >= 0.6 is 0 Å². The molecule has 0 atom stereocenters. The molecule has 1 aliphatic rings. The van der Waals surface area contributed by atoms with Gasteiger partial charge in [-0.15, -0.1) is 0 Å². The molecule has 48 valence electrons. The topological polar surface area (TPSA) is 59.6 Å². The first-order valence-corrected chi connectivity index (χ1v) is 2.77. The third-order valence-electron chi connectivity index (χ3n) is 1.22. The van der Waals surface area contributed by atoms with Crippen molar-refractivity contribution >= 4 is 0 Å². The maximum absolute atomic E-state index is 8.52. The van der Waals surface area contributed by atoms with Crippen LogP contribution in [-0.2, 0) is 0 Å². The minimum atomic E-state index is -1.14. The van der Waals surface area contributed by atoms with Crippen LogP contribution in [0.1, 0.15) is 0 Å². The molecule has 1 rings (SSSR count). The average molecular weight is 131 g/mol. The van der Waals surface area contributed by atoms with E-state index in [-0.39, 0.29) is 0 Å². The van der Waals surface area contributed by atoms with Crippen LogP contribution in [0.3, 0.4) is 0 Å². The van der Waals surface area contributed by atoms with E-state index < -0.39 is 5.54 Å². The monoisotopic (exact) mass is 131 g/mol. The van der Waals surface area contributed by atoms with E-state index in [9.17, 15) is 0 Å². The van der Waals surface area contributed by atoms with Gasteiger partial charge in [-0.1, -0.05) is 6.08 Å². The number of allylic oxidation sites excluding steroid dienone is 2. The van der Waals surface area contributed by atoms with Gasteiger partial charge in [0.15, 0.2) is 0 Å². The van der Waals surface area contributed by atoms with Crippen molar-refractivity contribution in [2.45, 2.75) is 5.54 Å². The predicted molar refractivity (Wildman–Crippen MR) is 35.4 cm³/mol. The van der Waals surface area contributed by atoms with Crippen molar-refractivity contribution in [2.75, 3.05) is 0 Å². The first-order chi connectivity index (χ1) is 4.83. The lowest BCUT2D eigenvalue weighted by Gasteiger charge is -2.15. The molecule has 0 aliphatic carbocycles. The Morgan fingerprint density at radius 1 is 1.20 bits per heavy atom. The zero-order valence-corrected chi connectivity index (χ0v) is 5.20. The highest BCUT2D eigenvalue weighted by atomic mass is 14.9. The first-order valence-electron chi connectivity index (χ1n) is 2.77. The summed E-state index contributed by atoms with van der Waals surface area (Å²) < 4.78 is 0. The van der Waals surface area contributed by atoms with E-state index in [1.165, 1.54) is 6.08 Å². The quantitative estimate of drug-likeness (QED) is 0.519. The van der Waals surface area contributed by atoms with Gasteiger partial charge >= 0.3 is 0 Å². The van der Waals surface area contributed by atoms with Gasteiger partial charge in [0.2, 0.25) is 5.54 Å². The second-order valence-electron chi connectivity index (χ2n) is 1.89. The van der Waals surface area contributed by atoms with Crippen molar-refractivity contribution in [1.82, 2.24) is 5.32 Å². The third kappa shape index (κ3) is 0.852. The van der Waals surface area contributed by atoms with Crippen molar-refractivity contribution in [3.63, 3.8) is 0 Å². The molecule has 0 radical (unpaired) electrons. The third-order valence-corrected chi connectivity index (χ3v) is 1.22. The number of hydrogen-bond acceptors (Lipinski definition) is 3. The van der Waals surface area contributed by atoms with Crippen LogP contribution in [0, 0.1) is 22.7 Å². The summed E-state index contributed by atoms with van der Waals surface area (Å²) >= 11 is 0. The Balaban J connectivity index is 2.93. The molecule has 0 aromatic rings. The number of nitrogens with one attached hydrogen (secondary N) is 1. The van der Waals surface area contributed by atoms with Gasteiger partial charge in [-0.2, -0.15) is 10.5 Å². The fourth-order valence-electron chi connectivity index (χ4n) is 0.647. The summed E-state index contributed by atoms with van der Waals surface area (Å²) in [5.41, 5.74) is -1.14. The molecule has 0 bridgehead atoms. The molecule has 0 saturated heterocycles. The van der Waals surface area contributed by atoms with Crippen LogP contribution in [0.15, 0.2) is 24.4 Å². The van der Waals surface area contributed by atoms with Crippen LogP contribution in [0.5, 0.6) is 0 Å². The largest absolute Gasteiger partial charge is 0.359 e. The van der Waals surface area contributed by atoms with Crippen LogP contribution in [0.2, 0.25) is 0 Å². The summed E-state index contributed by atoms with van der Waals surface area (Å²) in [6.07, 6.45) is 6.50. The van der Waals surface area contributed by atoms with E-state index in [0.717, 1.165) is 0 Å². The molecule has 10 heavy (non-hydrogen) atoms. The maximum Gasteiger partial charge on any atom is 0.231 e. The molecule has 0 spiro atoms. The van der Waals surface area contributed by atoms with Crippen LogP contribution in [0.25, 0.3) is 0 Å². The second kappa shape index (κ2) is 2.24. The SMILES string of the molecule is N#CC1(C#N)C=CC=CN1. The fraction of sp³-hybridized carbons (Fsp3) is 0.143. The van der Waals surface area contributed by atoms with Crippen molar-refractivity contribution < 1.29 is 0 Å². The molecular weight excluding hydrogens is 126 g/mol.